The Kier molecular flexibility index (Phi) is 8.35. The Labute approximate surface area is 149 Å². The van der Waals surface area contributed by atoms with E-state index in [1.165, 1.54) is 18.3 Å². The molecule has 0 bridgehead atoms. The maximum Gasteiger partial charge on any atom is 0.123 e. The van der Waals surface area contributed by atoms with Crippen molar-refractivity contribution in [1.82, 2.24) is 5.32 Å². The first-order valence-corrected chi connectivity index (χ1v) is 8.28. The van der Waals surface area contributed by atoms with Crippen LogP contribution in [0.3, 0.4) is 0 Å². The van der Waals surface area contributed by atoms with Gasteiger partial charge in [-0.3, -0.25) is 5.41 Å². The summed E-state index contributed by atoms with van der Waals surface area (Å²) in [7, 11) is 0. The summed E-state index contributed by atoms with van der Waals surface area (Å²) in [6, 6.07) is 4.12. The normalized spacial score (nSPS) is 13.4. The SMILES string of the molecule is CCN/C=C(\C=N)C/C(=C/C(=N)Br)Nc1ccc(F)cc1C(C)O. The predicted molar refractivity (Wildman–Crippen MR) is 101 cm³/mol. The summed E-state index contributed by atoms with van der Waals surface area (Å²) in [6.45, 7) is 4.25. The number of aliphatic hydroxyl groups excluding tert-OH is 1. The molecule has 0 aliphatic carbocycles. The lowest BCUT2D eigenvalue weighted by Crippen LogP contribution is -2.09. The van der Waals surface area contributed by atoms with E-state index in [2.05, 4.69) is 26.6 Å². The van der Waals surface area contributed by atoms with Crippen molar-refractivity contribution < 1.29 is 9.50 Å². The van der Waals surface area contributed by atoms with E-state index in [1.807, 2.05) is 6.92 Å². The first-order chi connectivity index (χ1) is 11.4. The third kappa shape index (κ3) is 6.64. The maximum absolute atomic E-state index is 13.4. The summed E-state index contributed by atoms with van der Waals surface area (Å²) in [5.74, 6) is -0.428. The van der Waals surface area contributed by atoms with Crippen LogP contribution in [0.25, 0.3) is 0 Å². The minimum Gasteiger partial charge on any atom is -0.391 e. The van der Waals surface area contributed by atoms with Gasteiger partial charge in [-0.15, -0.1) is 0 Å². The topological polar surface area (TPSA) is 92.0 Å². The average molecular weight is 397 g/mol. The molecule has 130 valence electrons. The predicted octanol–water partition coefficient (Wildman–Crippen LogP) is 4.08. The van der Waals surface area contributed by atoms with Crippen LogP contribution in [0, 0.1) is 16.6 Å². The molecule has 5 N–H and O–H groups in total. The first-order valence-electron chi connectivity index (χ1n) is 7.49. The second-order valence-corrected chi connectivity index (χ2v) is 6.00. The van der Waals surface area contributed by atoms with Gasteiger partial charge in [0.1, 0.15) is 5.82 Å². The van der Waals surface area contributed by atoms with Gasteiger partial charge in [0, 0.05) is 42.3 Å². The van der Waals surface area contributed by atoms with E-state index in [0.717, 1.165) is 6.54 Å². The molecule has 0 aromatic heterocycles. The molecule has 7 heteroatoms. The van der Waals surface area contributed by atoms with Gasteiger partial charge in [-0.05, 0) is 59.6 Å². The fourth-order valence-electron chi connectivity index (χ4n) is 2.05. The Bertz CT molecular complexity index is 656. The lowest BCUT2D eigenvalue weighted by atomic mass is 10.1. The number of nitrogens with one attached hydrogen (secondary N) is 4. The van der Waals surface area contributed by atoms with Gasteiger partial charge in [0.15, 0.2) is 0 Å². The number of allylic oxidation sites excluding steroid dienone is 2. The van der Waals surface area contributed by atoms with Crippen molar-refractivity contribution in [2.75, 3.05) is 11.9 Å². The van der Waals surface area contributed by atoms with Crippen LogP contribution in [0.5, 0.6) is 0 Å². The second-order valence-electron chi connectivity index (χ2n) is 5.15. The van der Waals surface area contributed by atoms with E-state index >= 15 is 0 Å². The molecular weight excluding hydrogens is 375 g/mol. The van der Waals surface area contributed by atoms with Crippen LogP contribution >= 0.6 is 15.9 Å². The van der Waals surface area contributed by atoms with Crippen LogP contribution in [0.1, 0.15) is 31.9 Å². The summed E-state index contributed by atoms with van der Waals surface area (Å²) < 4.78 is 13.6. The molecule has 0 amide bonds. The molecule has 5 nitrogen and oxygen atoms in total. The lowest BCUT2D eigenvalue weighted by Gasteiger charge is -2.17. The quantitative estimate of drug-likeness (QED) is 0.407. The minimum absolute atomic E-state index is 0.165. The Balaban J connectivity index is 3.12. The highest BCUT2D eigenvalue weighted by atomic mass is 79.9. The van der Waals surface area contributed by atoms with Crippen molar-refractivity contribution in [3.05, 3.63) is 53.1 Å². The molecule has 0 aliphatic heterocycles. The van der Waals surface area contributed by atoms with Crippen molar-refractivity contribution in [1.29, 1.82) is 10.8 Å². The standard InChI is InChI=1S/C17H22BrFN4O/c1-3-22-10-12(9-20)6-14(8-17(18)21)23-16-5-4-13(19)7-15(16)11(2)24/h4-5,7-11,20-24H,3,6H2,1-2H3/b12-10-,14-8-,20-9?,21-17?. The van der Waals surface area contributed by atoms with Crippen molar-refractivity contribution in [3.8, 4) is 0 Å². The molecule has 1 rings (SSSR count). The summed E-state index contributed by atoms with van der Waals surface area (Å²) >= 11 is 3.08. The Hall–Kier alpha value is -1.99. The van der Waals surface area contributed by atoms with Gasteiger partial charge in [-0.2, -0.15) is 0 Å². The van der Waals surface area contributed by atoms with Crippen molar-refractivity contribution in [2.24, 2.45) is 0 Å². The Morgan fingerprint density at radius 3 is 2.71 bits per heavy atom. The number of hydrogen-bond donors (Lipinski definition) is 5. The molecular formula is C17H22BrFN4O. The third-order valence-electron chi connectivity index (χ3n) is 3.13. The van der Waals surface area contributed by atoms with E-state index in [1.54, 1.807) is 25.3 Å². The highest BCUT2D eigenvalue weighted by Crippen LogP contribution is 2.26. The van der Waals surface area contributed by atoms with E-state index in [9.17, 15) is 9.50 Å². The van der Waals surface area contributed by atoms with Gasteiger partial charge < -0.3 is 21.1 Å². The van der Waals surface area contributed by atoms with Gasteiger partial charge >= 0.3 is 0 Å². The van der Waals surface area contributed by atoms with E-state index in [0.29, 0.717) is 28.9 Å². The zero-order chi connectivity index (χ0) is 18.1. The van der Waals surface area contributed by atoms with Gasteiger partial charge in [0.25, 0.3) is 0 Å². The molecule has 0 aliphatic rings. The highest BCUT2D eigenvalue weighted by Gasteiger charge is 2.11. The molecule has 0 saturated carbocycles. The Morgan fingerprint density at radius 1 is 1.46 bits per heavy atom. The number of benzene rings is 1. The fourth-order valence-corrected chi connectivity index (χ4v) is 2.32. The molecule has 1 aromatic carbocycles. The number of hydrogen-bond acceptors (Lipinski definition) is 5. The highest BCUT2D eigenvalue weighted by molar-refractivity contribution is 9.18. The molecule has 0 saturated heterocycles. The van der Waals surface area contributed by atoms with Crippen molar-refractivity contribution >= 4 is 32.5 Å². The maximum atomic E-state index is 13.4. The number of anilines is 1. The number of aliphatic hydroxyl groups is 1. The van der Waals surface area contributed by atoms with Crippen LogP contribution in [-0.2, 0) is 0 Å². The molecule has 1 unspecified atom stereocenters. The van der Waals surface area contributed by atoms with E-state index in [4.69, 9.17) is 10.8 Å². The second kappa shape index (κ2) is 10.00. The summed E-state index contributed by atoms with van der Waals surface area (Å²) in [5, 5.41) is 31.1. The largest absolute Gasteiger partial charge is 0.391 e. The molecule has 1 aromatic rings. The molecule has 0 spiro atoms. The number of halogens is 2. The fraction of sp³-hybridized carbons (Fsp3) is 0.294. The van der Waals surface area contributed by atoms with Crippen LogP contribution in [0.15, 0.2) is 41.7 Å². The zero-order valence-corrected chi connectivity index (χ0v) is 15.2. The van der Waals surface area contributed by atoms with Gasteiger partial charge in [0.2, 0.25) is 0 Å². The Morgan fingerprint density at radius 2 is 2.17 bits per heavy atom. The zero-order valence-electron chi connectivity index (χ0n) is 13.7. The van der Waals surface area contributed by atoms with Gasteiger partial charge in [-0.1, -0.05) is 0 Å². The van der Waals surface area contributed by atoms with Crippen molar-refractivity contribution in [2.45, 2.75) is 26.4 Å². The molecule has 0 heterocycles. The molecule has 0 fully saturated rings. The molecule has 0 radical (unpaired) electrons. The summed E-state index contributed by atoms with van der Waals surface area (Å²) in [4.78, 5) is 0. The van der Waals surface area contributed by atoms with Crippen molar-refractivity contribution in [3.63, 3.8) is 0 Å². The van der Waals surface area contributed by atoms with E-state index < -0.39 is 11.9 Å². The third-order valence-corrected chi connectivity index (χ3v) is 3.36. The van der Waals surface area contributed by atoms with E-state index in [-0.39, 0.29) is 4.62 Å². The molecule has 24 heavy (non-hydrogen) atoms. The van der Waals surface area contributed by atoms with Gasteiger partial charge in [0.05, 0.1) is 10.7 Å². The van der Waals surface area contributed by atoms with Crippen LogP contribution in [-0.4, -0.2) is 22.5 Å². The van der Waals surface area contributed by atoms with Crippen LogP contribution < -0.4 is 10.6 Å². The average Bonchev–Trinajstić information content (AvgIpc) is 2.52. The number of rotatable bonds is 9. The summed E-state index contributed by atoms with van der Waals surface area (Å²) in [5.41, 5.74) is 2.33. The molecule has 1 atom stereocenters. The van der Waals surface area contributed by atoms with Crippen LogP contribution in [0.4, 0.5) is 10.1 Å². The lowest BCUT2D eigenvalue weighted by molar-refractivity contribution is 0.199. The smallest absolute Gasteiger partial charge is 0.123 e. The monoisotopic (exact) mass is 396 g/mol. The minimum atomic E-state index is -0.840. The van der Waals surface area contributed by atoms with Gasteiger partial charge in [-0.25, -0.2) is 4.39 Å². The van der Waals surface area contributed by atoms with Crippen LogP contribution in [0.2, 0.25) is 0 Å². The first kappa shape index (κ1) is 20.1. The summed E-state index contributed by atoms with van der Waals surface area (Å²) in [6.07, 6.45) is 4.07.